The molecule has 4 amide bonds. The van der Waals surface area contributed by atoms with Gasteiger partial charge in [0.25, 0.3) is 11.8 Å². The maximum atomic E-state index is 12.7. The van der Waals surface area contributed by atoms with Crippen LogP contribution in [0.25, 0.3) is 16.6 Å². The van der Waals surface area contributed by atoms with Crippen LogP contribution in [0.3, 0.4) is 0 Å². The normalized spacial score (nSPS) is 16.5. The molecule has 0 saturated carbocycles. The molecule has 2 aliphatic heterocycles. The van der Waals surface area contributed by atoms with Crippen LogP contribution in [-0.2, 0) is 9.59 Å². The van der Waals surface area contributed by atoms with Gasteiger partial charge in [0.15, 0.2) is 5.54 Å². The fraction of sp³-hybridized carbons (Fsp3) is 0.154. The summed E-state index contributed by atoms with van der Waals surface area (Å²) in [6, 6.07) is 17.4. The number of pyridine rings is 1. The highest BCUT2D eigenvalue weighted by Crippen LogP contribution is 2.36. The van der Waals surface area contributed by atoms with E-state index in [9.17, 15) is 14.4 Å². The Morgan fingerprint density at radius 1 is 0.946 bits per heavy atom. The summed E-state index contributed by atoms with van der Waals surface area (Å²) in [4.78, 5) is 42.9. The molecule has 11 heteroatoms. The summed E-state index contributed by atoms with van der Waals surface area (Å²) in [5.41, 5.74) is 1.39. The first-order valence-electron chi connectivity index (χ1n) is 11.5. The summed E-state index contributed by atoms with van der Waals surface area (Å²) in [5.74, 6) is -0.360. The van der Waals surface area contributed by atoms with Crippen LogP contribution in [0.2, 0.25) is 0 Å². The Morgan fingerprint density at radius 2 is 1.70 bits per heavy atom. The van der Waals surface area contributed by atoms with Gasteiger partial charge in [-0.05, 0) is 61.4 Å². The van der Waals surface area contributed by atoms with Crippen LogP contribution >= 0.6 is 0 Å². The number of carbonyl (C=O) groups is 3. The smallest absolute Gasteiger partial charge is 0.328 e. The zero-order valence-corrected chi connectivity index (χ0v) is 19.3. The number of hydrogen-bond acceptors (Lipinski definition) is 8. The number of nitrogens with one attached hydrogen (secondary N) is 2. The number of urea groups is 1. The lowest BCUT2D eigenvalue weighted by Crippen LogP contribution is -2.71. The van der Waals surface area contributed by atoms with Gasteiger partial charge in [-0.3, -0.25) is 20.2 Å². The third-order valence-electron chi connectivity index (χ3n) is 6.62. The van der Waals surface area contributed by atoms with Gasteiger partial charge in [-0.25, -0.2) is 14.5 Å². The van der Waals surface area contributed by atoms with Gasteiger partial charge in [0.1, 0.15) is 5.75 Å². The van der Waals surface area contributed by atoms with Crippen molar-refractivity contribution in [2.75, 3.05) is 11.4 Å². The molecule has 37 heavy (non-hydrogen) atoms. The summed E-state index contributed by atoms with van der Waals surface area (Å²) >= 11 is 0. The molecular formula is C26H19N7O4. The molecule has 0 aliphatic carbocycles. The lowest BCUT2D eigenvalue weighted by Gasteiger charge is -2.38. The molecule has 2 aromatic carbocycles. The predicted octanol–water partition coefficient (Wildman–Crippen LogP) is 2.79. The predicted molar refractivity (Wildman–Crippen MR) is 131 cm³/mol. The van der Waals surface area contributed by atoms with E-state index in [1.54, 1.807) is 46.2 Å². The molecule has 2 saturated heterocycles. The number of nitriles is 1. The van der Waals surface area contributed by atoms with Gasteiger partial charge in [-0.1, -0.05) is 0 Å². The Morgan fingerprint density at radius 3 is 2.41 bits per heavy atom. The first-order valence-corrected chi connectivity index (χ1v) is 11.5. The van der Waals surface area contributed by atoms with Crippen molar-refractivity contribution in [3.8, 4) is 23.4 Å². The number of carbonyl (C=O) groups excluding carboxylic acids is 3. The third kappa shape index (κ3) is 3.63. The maximum Gasteiger partial charge on any atom is 0.328 e. The van der Waals surface area contributed by atoms with Crippen LogP contribution in [-0.4, -0.2) is 44.7 Å². The summed E-state index contributed by atoms with van der Waals surface area (Å²) < 4.78 is 7.72. The number of fused-ring (bicyclic) bond motifs is 1. The summed E-state index contributed by atoms with van der Waals surface area (Å²) in [7, 11) is 0. The standard InChI is InChI=1S/C26H19N7O4/c27-13-16-2-4-18(5-3-16)33-21-8-7-20(12-17(21)14-29-33)37-22-9-6-19(15-28-22)32-11-1-10-26(32)23(34)30-25(36)31-24(26)35/h2-9,12,14-15H,1,10-11H2,(H2,30,31,34,35,36). The number of anilines is 1. The monoisotopic (exact) mass is 493 g/mol. The highest BCUT2D eigenvalue weighted by Gasteiger charge is 2.57. The molecule has 4 heterocycles. The number of imide groups is 2. The molecule has 0 unspecified atom stereocenters. The van der Waals surface area contributed by atoms with Crippen LogP contribution < -0.4 is 20.3 Å². The van der Waals surface area contributed by atoms with Gasteiger partial charge < -0.3 is 9.64 Å². The molecule has 6 rings (SSSR count). The van der Waals surface area contributed by atoms with Gasteiger partial charge in [-0.15, -0.1) is 0 Å². The van der Waals surface area contributed by atoms with Crippen LogP contribution in [0.1, 0.15) is 18.4 Å². The highest BCUT2D eigenvalue weighted by atomic mass is 16.5. The summed E-state index contributed by atoms with van der Waals surface area (Å²) in [5, 5.41) is 18.7. The lowest BCUT2D eigenvalue weighted by atomic mass is 9.92. The van der Waals surface area contributed by atoms with E-state index in [0.717, 1.165) is 16.6 Å². The minimum atomic E-state index is -1.47. The van der Waals surface area contributed by atoms with Crippen LogP contribution in [0.5, 0.6) is 11.6 Å². The SMILES string of the molecule is N#Cc1ccc(-n2ncc3cc(Oc4ccc(N5CCCC56C(=O)NC(=O)NC6=O)cn4)ccc32)cc1. The molecule has 2 aromatic heterocycles. The van der Waals surface area contributed by atoms with Gasteiger partial charge in [0.05, 0.1) is 40.9 Å². The van der Waals surface area contributed by atoms with Gasteiger partial charge in [0, 0.05) is 18.0 Å². The Hall–Kier alpha value is -5.24. The number of barbiturate groups is 1. The van der Waals surface area contributed by atoms with Crippen molar-refractivity contribution in [2.45, 2.75) is 18.4 Å². The fourth-order valence-corrected chi connectivity index (χ4v) is 4.86. The zero-order valence-electron chi connectivity index (χ0n) is 19.3. The highest BCUT2D eigenvalue weighted by molar-refractivity contribution is 6.24. The van der Waals surface area contributed by atoms with Crippen LogP contribution in [0.15, 0.2) is 67.0 Å². The minimum absolute atomic E-state index is 0.298. The van der Waals surface area contributed by atoms with Crippen molar-refractivity contribution in [1.82, 2.24) is 25.4 Å². The van der Waals surface area contributed by atoms with E-state index in [-0.39, 0.29) is 0 Å². The molecule has 2 N–H and O–H groups in total. The number of amides is 4. The zero-order chi connectivity index (χ0) is 25.6. The topological polar surface area (TPSA) is 142 Å². The van der Waals surface area contributed by atoms with Gasteiger partial charge >= 0.3 is 6.03 Å². The number of aromatic nitrogens is 3. The second-order valence-electron chi connectivity index (χ2n) is 8.75. The maximum absolute atomic E-state index is 12.7. The first-order chi connectivity index (χ1) is 18.0. The van der Waals surface area contributed by atoms with Crippen LogP contribution in [0.4, 0.5) is 10.5 Å². The number of ether oxygens (including phenoxy) is 1. The molecule has 2 fully saturated rings. The molecule has 11 nitrogen and oxygen atoms in total. The number of nitrogens with zero attached hydrogens (tertiary/aromatic N) is 5. The van der Waals surface area contributed by atoms with Crippen molar-refractivity contribution < 1.29 is 19.1 Å². The van der Waals surface area contributed by atoms with Crippen molar-refractivity contribution in [3.63, 3.8) is 0 Å². The molecule has 0 atom stereocenters. The molecule has 182 valence electrons. The molecule has 4 aromatic rings. The quantitative estimate of drug-likeness (QED) is 0.413. The van der Waals surface area contributed by atoms with E-state index in [1.165, 1.54) is 0 Å². The van der Waals surface area contributed by atoms with E-state index in [2.05, 4.69) is 26.8 Å². The Kier molecular flexibility index (Phi) is 5.08. The summed E-state index contributed by atoms with van der Waals surface area (Å²) in [6.07, 6.45) is 4.19. The number of rotatable bonds is 4. The van der Waals surface area contributed by atoms with E-state index < -0.39 is 23.4 Å². The molecule has 0 radical (unpaired) electrons. The van der Waals surface area contributed by atoms with Crippen molar-refractivity contribution in [1.29, 1.82) is 5.26 Å². The van der Waals surface area contributed by atoms with Gasteiger partial charge in [-0.2, -0.15) is 10.4 Å². The molecule has 0 bridgehead atoms. The average molecular weight is 493 g/mol. The Balaban J connectivity index is 1.22. The van der Waals surface area contributed by atoms with E-state index in [0.29, 0.717) is 42.3 Å². The van der Waals surface area contributed by atoms with E-state index in [1.807, 2.05) is 30.3 Å². The third-order valence-corrected chi connectivity index (χ3v) is 6.62. The fourth-order valence-electron chi connectivity index (χ4n) is 4.86. The van der Waals surface area contributed by atoms with E-state index >= 15 is 0 Å². The largest absolute Gasteiger partial charge is 0.439 e. The van der Waals surface area contributed by atoms with E-state index in [4.69, 9.17) is 10.00 Å². The second kappa shape index (κ2) is 8.46. The Labute approximate surface area is 210 Å². The number of hydrogen-bond donors (Lipinski definition) is 2. The number of benzene rings is 2. The minimum Gasteiger partial charge on any atom is -0.439 e. The molecule has 2 aliphatic rings. The summed E-state index contributed by atoms with van der Waals surface area (Å²) in [6.45, 7) is 0.469. The second-order valence-corrected chi connectivity index (χ2v) is 8.75. The first kappa shape index (κ1) is 22.2. The lowest BCUT2D eigenvalue weighted by molar-refractivity contribution is -0.137. The average Bonchev–Trinajstić information content (AvgIpc) is 3.53. The van der Waals surface area contributed by atoms with Crippen molar-refractivity contribution >= 4 is 34.4 Å². The van der Waals surface area contributed by atoms with Crippen molar-refractivity contribution in [3.05, 3.63) is 72.6 Å². The van der Waals surface area contributed by atoms with Gasteiger partial charge in [0.2, 0.25) is 5.88 Å². The Bertz CT molecular complexity index is 1580. The molecule has 1 spiro atoms. The molecular weight excluding hydrogens is 474 g/mol. The van der Waals surface area contributed by atoms with Crippen LogP contribution in [0, 0.1) is 11.3 Å². The van der Waals surface area contributed by atoms with Crippen molar-refractivity contribution in [2.24, 2.45) is 0 Å².